The summed E-state index contributed by atoms with van der Waals surface area (Å²) in [6.07, 6.45) is -17.1. The summed E-state index contributed by atoms with van der Waals surface area (Å²) >= 11 is 0. The Balaban J connectivity index is 1.76. The molecule has 3 heterocycles. The van der Waals surface area contributed by atoms with Crippen molar-refractivity contribution in [3.8, 4) is 28.4 Å². The van der Waals surface area contributed by atoms with Gasteiger partial charge in [0.2, 0.25) is 5.43 Å². The lowest BCUT2D eigenvalue weighted by Crippen LogP contribution is -2.55. The van der Waals surface area contributed by atoms with Crippen molar-refractivity contribution in [2.24, 2.45) is 0 Å². The van der Waals surface area contributed by atoms with Gasteiger partial charge < -0.3 is 70.1 Å². The summed E-state index contributed by atoms with van der Waals surface area (Å²) in [5.41, 5.74) is -2.26. The summed E-state index contributed by atoms with van der Waals surface area (Å²) < 4.78 is 16.9. The first-order chi connectivity index (χ1) is 19.9. The average Bonchev–Trinajstić information content (AvgIpc) is 2.96. The van der Waals surface area contributed by atoms with Crippen LogP contribution in [0.3, 0.4) is 0 Å². The van der Waals surface area contributed by atoms with Gasteiger partial charge in [0.25, 0.3) is 0 Å². The molecule has 0 aliphatic carbocycles. The number of phenols is 3. The first kappa shape index (κ1) is 30.1. The maximum Gasteiger partial charge on any atom is 0.204 e. The first-order valence-electron chi connectivity index (χ1n) is 12.9. The SMILES string of the molecule is O=c1c(-c2ccc(O)cc2)c(C2O[C@H](CO)[C@@H](O)[C@H](O)[C@H]2O)oc2cc(O)c(C3O[C@H](CO)[C@@H](O)[C@H](O)[C@H]3O)c(O)c12. The highest BCUT2D eigenvalue weighted by molar-refractivity contribution is 5.91. The largest absolute Gasteiger partial charge is 0.508 e. The minimum Gasteiger partial charge on any atom is -0.508 e. The second-order valence-electron chi connectivity index (χ2n) is 10.2. The van der Waals surface area contributed by atoms with Gasteiger partial charge in [-0.3, -0.25) is 4.79 Å². The first-order valence-corrected chi connectivity index (χ1v) is 12.9. The number of phenolic OH excluding ortho intramolecular Hbond substituents is 3. The van der Waals surface area contributed by atoms with Crippen LogP contribution in [0.5, 0.6) is 17.2 Å². The molecule has 0 amide bonds. The van der Waals surface area contributed by atoms with Crippen LogP contribution in [0.1, 0.15) is 23.5 Å². The molecule has 3 aromatic rings. The number of rotatable bonds is 5. The van der Waals surface area contributed by atoms with Crippen molar-refractivity contribution in [3.05, 3.63) is 51.9 Å². The highest BCUT2D eigenvalue weighted by Crippen LogP contribution is 2.46. The highest BCUT2D eigenvalue weighted by atomic mass is 16.6. The molecule has 2 aliphatic heterocycles. The van der Waals surface area contributed by atoms with Crippen LogP contribution in [0.4, 0.5) is 0 Å². The van der Waals surface area contributed by atoms with Gasteiger partial charge in [0.1, 0.15) is 95.0 Å². The van der Waals surface area contributed by atoms with E-state index < -0.39 is 113 Å². The fourth-order valence-corrected chi connectivity index (χ4v) is 5.39. The molecule has 42 heavy (non-hydrogen) atoms. The van der Waals surface area contributed by atoms with Crippen molar-refractivity contribution in [2.75, 3.05) is 13.2 Å². The molecule has 2 saturated heterocycles. The quantitative estimate of drug-likeness (QED) is 0.147. The van der Waals surface area contributed by atoms with E-state index in [0.717, 1.165) is 6.07 Å². The van der Waals surface area contributed by atoms with Crippen LogP contribution in [-0.4, -0.2) is 118 Å². The van der Waals surface area contributed by atoms with Gasteiger partial charge in [-0.1, -0.05) is 12.1 Å². The molecular formula is C27H30O15. The summed E-state index contributed by atoms with van der Waals surface area (Å²) in [5, 5.41) is 113. The minimum absolute atomic E-state index is 0.0808. The molecule has 10 atom stereocenters. The summed E-state index contributed by atoms with van der Waals surface area (Å²) in [5.74, 6) is -2.32. The van der Waals surface area contributed by atoms with E-state index >= 15 is 0 Å². The van der Waals surface area contributed by atoms with Crippen molar-refractivity contribution >= 4 is 11.0 Å². The van der Waals surface area contributed by atoms with Crippen molar-refractivity contribution in [1.82, 2.24) is 0 Å². The van der Waals surface area contributed by atoms with Crippen LogP contribution < -0.4 is 5.43 Å². The summed E-state index contributed by atoms with van der Waals surface area (Å²) in [6.45, 7) is -1.58. The molecule has 228 valence electrons. The van der Waals surface area contributed by atoms with E-state index in [2.05, 4.69) is 0 Å². The number of ether oxygens (including phenoxy) is 2. The molecule has 0 bridgehead atoms. The van der Waals surface area contributed by atoms with Gasteiger partial charge >= 0.3 is 0 Å². The fourth-order valence-electron chi connectivity index (χ4n) is 5.39. The molecule has 11 N–H and O–H groups in total. The topological polar surface area (TPSA) is 271 Å². The predicted octanol–water partition coefficient (Wildman–Crippen LogP) is -2.39. The molecule has 1 aromatic heterocycles. The Bertz CT molecular complexity index is 1500. The van der Waals surface area contributed by atoms with Gasteiger partial charge in [-0.25, -0.2) is 0 Å². The molecule has 2 fully saturated rings. The summed E-state index contributed by atoms with van der Waals surface area (Å²) in [6, 6.07) is 5.94. The lowest BCUT2D eigenvalue weighted by molar-refractivity contribution is -0.235. The van der Waals surface area contributed by atoms with Crippen LogP contribution >= 0.6 is 0 Å². The van der Waals surface area contributed by atoms with Gasteiger partial charge in [-0.2, -0.15) is 0 Å². The van der Waals surface area contributed by atoms with Crippen LogP contribution in [0, 0.1) is 0 Å². The van der Waals surface area contributed by atoms with E-state index in [1.807, 2.05) is 0 Å². The maximum atomic E-state index is 14.1. The zero-order valence-corrected chi connectivity index (χ0v) is 21.6. The Morgan fingerprint density at radius 3 is 1.76 bits per heavy atom. The Morgan fingerprint density at radius 1 is 0.690 bits per heavy atom. The highest BCUT2D eigenvalue weighted by Gasteiger charge is 2.48. The van der Waals surface area contributed by atoms with Gasteiger partial charge in [0, 0.05) is 6.07 Å². The van der Waals surface area contributed by atoms with E-state index in [-0.39, 0.29) is 16.9 Å². The third-order valence-electron chi connectivity index (χ3n) is 7.69. The smallest absolute Gasteiger partial charge is 0.204 e. The van der Waals surface area contributed by atoms with Crippen LogP contribution in [-0.2, 0) is 9.47 Å². The van der Waals surface area contributed by atoms with Crippen molar-refractivity contribution in [1.29, 1.82) is 0 Å². The van der Waals surface area contributed by atoms with Gasteiger partial charge in [-0.05, 0) is 17.7 Å². The molecule has 2 aromatic carbocycles. The standard InChI is InChI=1S/C27H30O15/c28-6-12-17(32)21(36)23(38)25(41-12)15-10(31)5-11-16(20(15)35)19(34)14(8-1-3-9(30)4-2-8)26(40-11)27-24(39)22(37)18(33)13(7-29)42-27/h1-5,12-13,17-18,21-25,27-33,35-39H,6-7H2/t12-,13-,17-,18-,21+,22+,23-,24-,25?,27?/m1/s1. The Hall–Kier alpha value is -3.35. The number of aliphatic hydroxyl groups is 8. The molecule has 15 nitrogen and oxygen atoms in total. The second kappa shape index (κ2) is 11.4. The molecular weight excluding hydrogens is 564 g/mol. The van der Waals surface area contributed by atoms with Gasteiger partial charge in [0.05, 0.1) is 24.3 Å². The zero-order valence-electron chi connectivity index (χ0n) is 21.6. The third-order valence-corrected chi connectivity index (χ3v) is 7.69. The zero-order chi connectivity index (χ0) is 30.6. The Kier molecular flexibility index (Phi) is 8.16. The molecule has 2 aliphatic rings. The van der Waals surface area contributed by atoms with E-state index in [4.69, 9.17) is 13.9 Å². The summed E-state index contributed by atoms with van der Waals surface area (Å²) in [7, 11) is 0. The van der Waals surface area contributed by atoms with E-state index in [1.54, 1.807) is 0 Å². The number of fused-ring (bicyclic) bond motifs is 1. The van der Waals surface area contributed by atoms with Crippen molar-refractivity contribution in [3.63, 3.8) is 0 Å². The predicted molar refractivity (Wildman–Crippen MR) is 138 cm³/mol. The Labute approximate surface area is 235 Å². The Morgan fingerprint density at radius 2 is 1.21 bits per heavy atom. The van der Waals surface area contributed by atoms with Gasteiger partial charge in [-0.15, -0.1) is 0 Å². The van der Waals surface area contributed by atoms with Crippen LogP contribution in [0.2, 0.25) is 0 Å². The van der Waals surface area contributed by atoms with Crippen LogP contribution in [0.15, 0.2) is 39.5 Å². The number of hydrogen-bond acceptors (Lipinski definition) is 15. The number of benzene rings is 2. The molecule has 5 rings (SSSR count). The fraction of sp³-hybridized carbons (Fsp3) is 0.444. The maximum absolute atomic E-state index is 14.1. The second-order valence-corrected chi connectivity index (χ2v) is 10.2. The molecule has 0 radical (unpaired) electrons. The number of aromatic hydroxyl groups is 3. The summed E-state index contributed by atoms with van der Waals surface area (Å²) in [4.78, 5) is 14.1. The van der Waals surface area contributed by atoms with E-state index in [0.29, 0.717) is 0 Å². The van der Waals surface area contributed by atoms with Gasteiger partial charge in [0.15, 0.2) is 0 Å². The lowest BCUT2D eigenvalue weighted by Gasteiger charge is -2.40. The van der Waals surface area contributed by atoms with Crippen molar-refractivity contribution in [2.45, 2.75) is 61.0 Å². The minimum atomic E-state index is -1.92. The number of hydrogen-bond donors (Lipinski definition) is 11. The lowest BCUT2D eigenvalue weighted by atomic mass is 9.88. The van der Waals surface area contributed by atoms with Crippen molar-refractivity contribution < 1.29 is 70.1 Å². The van der Waals surface area contributed by atoms with E-state index in [9.17, 15) is 61.0 Å². The number of aliphatic hydroxyl groups excluding tert-OH is 8. The third kappa shape index (κ3) is 4.79. The molecule has 2 unspecified atom stereocenters. The molecule has 0 saturated carbocycles. The van der Waals surface area contributed by atoms with Crippen LogP contribution in [0.25, 0.3) is 22.1 Å². The van der Waals surface area contributed by atoms with E-state index in [1.165, 1.54) is 24.3 Å². The normalized spacial score (nSPS) is 33.6. The molecule has 0 spiro atoms. The molecule has 15 heteroatoms. The monoisotopic (exact) mass is 594 g/mol. The average molecular weight is 595 g/mol.